The summed E-state index contributed by atoms with van der Waals surface area (Å²) in [5, 5.41) is 9.42. The first-order valence-electron chi connectivity index (χ1n) is 20.1. The lowest BCUT2D eigenvalue weighted by Gasteiger charge is -2.48. The summed E-state index contributed by atoms with van der Waals surface area (Å²) in [6.45, 7) is 17.8. The molecule has 3 aliphatic heterocycles. The van der Waals surface area contributed by atoms with Gasteiger partial charge in [-0.3, -0.25) is 14.5 Å². The van der Waals surface area contributed by atoms with Crippen molar-refractivity contribution in [2.75, 3.05) is 67.1 Å². The molecule has 3 fully saturated rings. The van der Waals surface area contributed by atoms with E-state index in [4.69, 9.17) is 23.7 Å². The third-order valence-electron chi connectivity index (χ3n) is 12.2. The maximum atomic E-state index is 14.6. The number of nitrogens with zero attached hydrogens (tertiary/aromatic N) is 3. The van der Waals surface area contributed by atoms with Crippen molar-refractivity contribution in [1.29, 1.82) is 0 Å². The van der Waals surface area contributed by atoms with Crippen LogP contribution in [0.1, 0.15) is 90.9 Å². The lowest BCUT2D eigenvalue weighted by Crippen LogP contribution is -2.60. The number of ketones is 1. The Labute approximate surface area is 324 Å². The average molecular weight is 760 g/mol. The highest BCUT2D eigenvalue weighted by Crippen LogP contribution is 2.39. The Morgan fingerprint density at radius 2 is 1.72 bits per heavy atom. The highest BCUT2D eigenvalue weighted by atomic mass is 16.7. The molecule has 3 saturated heterocycles. The number of methoxy groups -OCH3 is 1. The molecule has 0 aliphatic carbocycles. The van der Waals surface area contributed by atoms with Gasteiger partial charge in [-0.25, -0.2) is 4.79 Å². The summed E-state index contributed by atoms with van der Waals surface area (Å²) < 4.78 is 32.1. The second-order valence-corrected chi connectivity index (χ2v) is 17.1. The average Bonchev–Trinajstić information content (AvgIpc) is 3.15. The number of rotatable bonds is 11. The standard InChI is InChI=1S/C42H69N3O9/c1-11-45-26-28(2)25-42(7,50-10)37(54-39-35(34(43(8)9)23-29(3)52-39)53-38(48)32-15-13-12-14-16-32)30(4)36(47)41(5,6)40(49)51-27-33(45)24-31-17-19-44(20-18-31)21-22-46/h12-16,28-31,33-35,37,39,46H,11,17-27H2,1-10H3/t28-,29-,30+,33-,34+,35-,37-,39+,42-/m1/s1. The van der Waals surface area contributed by atoms with Crippen LogP contribution in [0.3, 0.4) is 0 Å². The fraction of sp³-hybridized carbons (Fsp3) is 0.786. The first-order chi connectivity index (χ1) is 25.5. The number of piperidine rings is 1. The number of β-amino-alcohol motifs (C(OH)–C–C–N with tert-alkyl or cyclic N) is 1. The van der Waals surface area contributed by atoms with Gasteiger partial charge in [0.2, 0.25) is 0 Å². The van der Waals surface area contributed by atoms with Gasteiger partial charge in [0.05, 0.1) is 36.0 Å². The van der Waals surface area contributed by atoms with Crippen LogP contribution in [0.25, 0.3) is 0 Å². The number of carbonyl (C=O) groups is 3. The van der Waals surface area contributed by atoms with Gasteiger partial charge < -0.3 is 38.6 Å². The number of carbonyl (C=O) groups excluding carboxylic acids is 3. The molecule has 0 bridgehead atoms. The minimum absolute atomic E-state index is 0.0131. The molecule has 9 atom stereocenters. The molecule has 0 aromatic heterocycles. The number of likely N-dealkylation sites (N-methyl/N-ethyl adjacent to an activating group) is 2. The molecule has 1 aromatic rings. The molecule has 4 rings (SSSR count). The van der Waals surface area contributed by atoms with Gasteiger partial charge in [-0.15, -0.1) is 0 Å². The zero-order valence-corrected chi connectivity index (χ0v) is 34.6. The maximum absolute atomic E-state index is 14.6. The molecular weight excluding hydrogens is 690 g/mol. The second-order valence-electron chi connectivity index (χ2n) is 17.1. The van der Waals surface area contributed by atoms with Gasteiger partial charge in [-0.2, -0.15) is 0 Å². The van der Waals surface area contributed by atoms with E-state index in [1.165, 1.54) is 0 Å². The summed E-state index contributed by atoms with van der Waals surface area (Å²) in [6.07, 6.45) is 1.14. The van der Waals surface area contributed by atoms with Crippen molar-refractivity contribution < 1.29 is 43.2 Å². The normalized spacial score (nSPS) is 34.1. The van der Waals surface area contributed by atoms with Gasteiger partial charge in [0.1, 0.15) is 12.0 Å². The van der Waals surface area contributed by atoms with Crippen molar-refractivity contribution in [1.82, 2.24) is 14.7 Å². The molecule has 0 amide bonds. The SMILES string of the molecule is CCN1C[C@H](C)C[C@@](C)(OC)[C@H](O[C@@H]2O[C@H](C)C[C@H](N(C)C)[C@H]2OC(=O)c2ccccc2)[C@@H](C)C(=O)C(C)(C)C(=O)OC[C@H]1CC1CCN(CCO)CC1. The number of aliphatic hydroxyl groups excluding tert-OH is 1. The van der Waals surface area contributed by atoms with E-state index in [1.54, 1.807) is 52.1 Å². The first-order valence-corrected chi connectivity index (χ1v) is 20.1. The molecule has 0 spiro atoms. The maximum Gasteiger partial charge on any atom is 0.338 e. The van der Waals surface area contributed by atoms with E-state index in [0.29, 0.717) is 30.9 Å². The van der Waals surface area contributed by atoms with Gasteiger partial charge in [-0.05, 0) is 117 Å². The van der Waals surface area contributed by atoms with E-state index in [0.717, 1.165) is 45.4 Å². The van der Waals surface area contributed by atoms with Crippen LogP contribution < -0.4 is 0 Å². The molecule has 3 aliphatic rings. The Bertz CT molecular complexity index is 1350. The molecule has 1 aromatic carbocycles. The van der Waals surface area contributed by atoms with Crippen molar-refractivity contribution in [3.05, 3.63) is 35.9 Å². The quantitative estimate of drug-likeness (QED) is 0.249. The number of aliphatic hydroxyl groups is 1. The van der Waals surface area contributed by atoms with Crippen LogP contribution in [0.5, 0.6) is 0 Å². The number of cyclic esters (lactones) is 1. The van der Waals surface area contributed by atoms with E-state index in [-0.39, 0.29) is 43.1 Å². The minimum Gasteiger partial charge on any atom is -0.463 e. The van der Waals surface area contributed by atoms with Crippen molar-refractivity contribution in [3.8, 4) is 0 Å². The lowest BCUT2D eigenvalue weighted by molar-refractivity contribution is -0.295. The van der Waals surface area contributed by atoms with Crippen LogP contribution >= 0.6 is 0 Å². The highest BCUT2D eigenvalue weighted by Gasteiger charge is 2.52. The van der Waals surface area contributed by atoms with Crippen LogP contribution in [-0.2, 0) is 33.3 Å². The smallest absolute Gasteiger partial charge is 0.338 e. The van der Waals surface area contributed by atoms with Crippen LogP contribution in [0.2, 0.25) is 0 Å². The fourth-order valence-electron chi connectivity index (χ4n) is 8.93. The summed E-state index contributed by atoms with van der Waals surface area (Å²) >= 11 is 0. The van der Waals surface area contributed by atoms with E-state index < -0.39 is 47.4 Å². The fourth-order valence-corrected chi connectivity index (χ4v) is 8.93. The minimum atomic E-state index is -1.47. The topological polar surface area (TPSA) is 127 Å². The monoisotopic (exact) mass is 760 g/mol. The van der Waals surface area contributed by atoms with E-state index >= 15 is 0 Å². The first kappa shape index (κ1) is 44.3. The number of Topliss-reactive ketones (excluding diaryl/α,β-unsaturated/α-hetero) is 1. The van der Waals surface area contributed by atoms with Gasteiger partial charge in [0.25, 0.3) is 0 Å². The number of hydrogen-bond donors (Lipinski definition) is 1. The highest BCUT2D eigenvalue weighted by molar-refractivity contribution is 6.04. The van der Waals surface area contributed by atoms with Crippen LogP contribution in [0.15, 0.2) is 30.3 Å². The predicted molar refractivity (Wildman–Crippen MR) is 207 cm³/mol. The molecule has 306 valence electrons. The third kappa shape index (κ3) is 10.9. The zero-order valence-electron chi connectivity index (χ0n) is 34.6. The van der Waals surface area contributed by atoms with Crippen molar-refractivity contribution >= 4 is 17.7 Å². The van der Waals surface area contributed by atoms with Crippen LogP contribution in [0.4, 0.5) is 0 Å². The Balaban J connectivity index is 1.68. The van der Waals surface area contributed by atoms with Gasteiger partial charge in [-0.1, -0.05) is 39.0 Å². The van der Waals surface area contributed by atoms with Crippen LogP contribution in [-0.4, -0.2) is 147 Å². The predicted octanol–water partition coefficient (Wildman–Crippen LogP) is 4.67. The van der Waals surface area contributed by atoms with Crippen molar-refractivity contribution in [2.45, 2.75) is 123 Å². The summed E-state index contributed by atoms with van der Waals surface area (Å²) in [6, 6.07) is 8.59. The Kier molecular flexibility index (Phi) is 16.1. The molecular formula is C42H69N3O9. The molecule has 1 N–H and O–H groups in total. The summed E-state index contributed by atoms with van der Waals surface area (Å²) in [5.41, 5.74) is -2.05. The van der Waals surface area contributed by atoms with E-state index in [1.807, 2.05) is 38.9 Å². The van der Waals surface area contributed by atoms with Gasteiger partial charge in [0.15, 0.2) is 18.2 Å². The molecule has 0 radical (unpaired) electrons. The summed E-state index contributed by atoms with van der Waals surface area (Å²) in [7, 11) is 5.52. The van der Waals surface area contributed by atoms with E-state index in [2.05, 4.69) is 23.6 Å². The number of esters is 2. The number of likely N-dealkylation sites (tertiary alicyclic amines) is 1. The zero-order chi connectivity index (χ0) is 39.8. The van der Waals surface area contributed by atoms with Crippen molar-refractivity contribution in [3.63, 3.8) is 0 Å². The molecule has 12 heteroatoms. The third-order valence-corrected chi connectivity index (χ3v) is 12.2. The Morgan fingerprint density at radius 3 is 2.31 bits per heavy atom. The number of hydrogen-bond acceptors (Lipinski definition) is 12. The molecule has 0 unspecified atom stereocenters. The molecule has 54 heavy (non-hydrogen) atoms. The Morgan fingerprint density at radius 1 is 1.06 bits per heavy atom. The molecule has 3 heterocycles. The van der Waals surface area contributed by atoms with Crippen molar-refractivity contribution in [2.24, 2.45) is 23.2 Å². The largest absolute Gasteiger partial charge is 0.463 e. The van der Waals surface area contributed by atoms with E-state index in [9.17, 15) is 19.5 Å². The second kappa shape index (κ2) is 19.6. The summed E-state index contributed by atoms with van der Waals surface area (Å²) in [5.74, 6) is -1.62. The van der Waals surface area contributed by atoms with Gasteiger partial charge >= 0.3 is 11.9 Å². The number of ether oxygens (including phenoxy) is 5. The van der Waals surface area contributed by atoms with Gasteiger partial charge in [0, 0.05) is 32.2 Å². The molecule has 0 saturated carbocycles. The number of benzene rings is 1. The summed E-state index contributed by atoms with van der Waals surface area (Å²) in [4.78, 5) is 48.8. The van der Waals surface area contributed by atoms with Crippen LogP contribution in [0, 0.1) is 23.2 Å². The molecule has 12 nitrogen and oxygen atoms in total. The lowest BCUT2D eigenvalue weighted by atomic mass is 9.74. The Hall–Kier alpha value is -2.45.